The van der Waals surface area contributed by atoms with E-state index in [0.29, 0.717) is 18.0 Å². The van der Waals surface area contributed by atoms with Gasteiger partial charge in [-0.25, -0.2) is 4.98 Å². The van der Waals surface area contributed by atoms with E-state index in [-0.39, 0.29) is 11.8 Å². The number of halogens is 3. The van der Waals surface area contributed by atoms with E-state index in [9.17, 15) is 13.2 Å². The van der Waals surface area contributed by atoms with Gasteiger partial charge in [-0.2, -0.15) is 18.2 Å². The molecule has 0 bridgehead atoms. The smallest absolute Gasteiger partial charge is 0.421 e. The second kappa shape index (κ2) is 8.81. The first-order chi connectivity index (χ1) is 13.9. The lowest BCUT2D eigenvalue weighted by Gasteiger charge is -2.15. The number of hydrogen-bond donors (Lipinski definition) is 2. The van der Waals surface area contributed by atoms with Gasteiger partial charge in [0.05, 0.1) is 6.61 Å². The van der Waals surface area contributed by atoms with Crippen LogP contribution in [0.1, 0.15) is 24.5 Å². The van der Waals surface area contributed by atoms with Crippen LogP contribution in [0.3, 0.4) is 0 Å². The van der Waals surface area contributed by atoms with Crippen molar-refractivity contribution >= 4 is 23.1 Å². The maximum atomic E-state index is 13.4. The largest absolute Gasteiger partial charge is 0.494 e. The van der Waals surface area contributed by atoms with Crippen molar-refractivity contribution in [3.05, 3.63) is 65.9 Å². The van der Waals surface area contributed by atoms with Crippen LogP contribution in [0.25, 0.3) is 0 Å². The Kier molecular flexibility index (Phi) is 6.21. The third kappa shape index (κ3) is 5.37. The maximum Gasteiger partial charge on any atom is 0.421 e. The second-order valence-electron chi connectivity index (χ2n) is 6.39. The minimum Gasteiger partial charge on any atom is -0.494 e. The van der Waals surface area contributed by atoms with E-state index in [1.807, 2.05) is 32.0 Å². The standard InChI is InChI=1S/C21H21F3N4O/c1-3-12-29-16-10-8-15(9-11-16)26-19-17(21(22,23)24)13-25-20(28-19)27-18-7-5-4-6-14(18)2/h4-11,13H,3,12H2,1-2H3,(H2,25,26,27,28). The van der Waals surface area contributed by atoms with Crippen molar-refractivity contribution in [1.29, 1.82) is 0 Å². The van der Waals surface area contributed by atoms with Crippen LogP contribution in [0.15, 0.2) is 54.7 Å². The number of anilines is 4. The highest BCUT2D eigenvalue weighted by Gasteiger charge is 2.35. The van der Waals surface area contributed by atoms with Gasteiger partial charge in [-0.05, 0) is 49.2 Å². The fourth-order valence-corrected chi connectivity index (χ4v) is 2.57. The zero-order valence-corrected chi connectivity index (χ0v) is 16.0. The molecule has 0 saturated carbocycles. The molecule has 2 aromatic carbocycles. The topological polar surface area (TPSA) is 59.1 Å². The number of alkyl halides is 3. The molecule has 0 unspecified atom stereocenters. The number of nitrogens with zero attached hydrogens (tertiary/aromatic N) is 2. The van der Waals surface area contributed by atoms with E-state index in [1.54, 1.807) is 30.3 Å². The van der Waals surface area contributed by atoms with Gasteiger partial charge in [-0.3, -0.25) is 0 Å². The summed E-state index contributed by atoms with van der Waals surface area (Å²) < 4.78 is 45.7. The Bertz CT molecular complexity index is 959. The van der Waals surface area contributed by atoms with Gasteiger partial charge in [0.1, 0.15) is 17.1 Å². The summed E-state index contributed by atoms with van der Waals surface area (Å²) in [5, 5.41) is 5.70. The third-order valence-corrected chi connectivity index (χ3v) is 4.08. The minimum absolute atomic E-state index is 0.0673. The molecule has 29 heavy (non-hydrogen) atoms. The molecule has 0 amide bonds. The number of ether oxygens (including phenoxy) is 1. The summed E-state index contributed by atoms with van der Waals surface area (Å²) in [6.07, 6.45) is -2.95. The van der Waals surface area contributed by atoms with Crippen LogP contribution in [-0.4, -0.2) is 16.6 Å². The zero-order valence-electron chi connectivity index (χ0n) is 16.0. The molecule has 0 aliphatic rings. The Morgan fingerprint density at radius 3 is 2.38 bits per heavy atom. The molecule has 1 heterocycles. The van der Waals surface area contributed by atoms with Gasteiger partial charge in [0.2, 0.25) is 5.95 Å². The first-order valence-electron chi connectivity index (χ1n) is 9.13. The molecule has 0 atom stereocenters. The van der Waals surface area contributed by atoms with Crippen LogP contribution in [0, 0.1) is 6.92 Å². The Balaban J connectivity index is 1.87. The number of nitrogens with one attached hydrogen (secondary N) is 2. The molecule has 0 spiro atoms. The maximum absolute atomic E-state index is 13.4. The van der Waals surface area contributed by atoms with Gasteiger partial charge < -0.3 is 15.4 Å². The lowest BCUT2D eigenvalue weighted by atomic mass is 10.2. The number of hydrogen-bond acceptors (Lipinski definition) is 5. The van der Waals surface area contributed by atoms with Gasteiger partial charge in [0.15, 0.2) is 0 Å². The van der Waals surface area contributed by atoms with E-state index in [0.717, 1.165) is 23.9 Å². The first kappa shape index (κ1) is 20.4. The summed E-state index contributed by atoms with van der Waals surface area (Å²) in [4.78, 5) is 7.89. The predicted octanol–water partition coefficient (Wildman–Crippen LogP) is 6.08. The molecule has 152 valence electrons. The monoisotopic (exact) mass is 402 g/mol. The highest BCUT2D eigenvalue weighted by Crippen LogP contribution is 2.35. The van der Waals surface area contributed by atoms with Crippen molar-refractivity contribution in [3.8, 4) is 5.75 Å². The van der Waals surface area contributed by atoms with Crippen LogP contribution in [0.2, 0.25) is 0 Å². The van der Waals surface area contributed by atoms with Crippen molar-refractivity contribution in [2.24, 2.45) is 0 Å². The highest BCUT2D eigenvalue weighted by molar-refractivity contribution is 5.64. The average Bonchev–Trinajstić information content (AvgIpc) is 2.68. The number of benzene rings is 2. The number of rotatable bonds is 7. The van der Waals surface area contributed by atoms with E-state index in [1.165, 1.54) is 0 Å². The summed E-state index contributed by atoms with van der Waals surface area (Å²) in [7, 11) is 0. The van der Waals surface area contributed by atoms with Gasteiger partial charge in [-0.15, -0.1) is 0 Å². The molecule has 0 fully saturated rings. The van der Waals surface area contributed by atoms with Crippen molar-refractivity contribution in [2.75, 3.05) is 17.2 Å². The number of aryl methyl sites for hydroxylation is 1. The molecule has 0 saturated heterocycles. The molecule has 3 rings (SSSR count). The van der Waals surface area contributed by atoms with Crippen LogP contribution >= 0.6 is 0 Å². The summed E-state index contributed by atoms with van der Waals surface area (Å²) in [5.74, 6) is 0.390. The molecule has 5 nitrogen and oxygen atoms in total. The van der Waals surface area contributed by atoms with E-state index in [4.69, 9.17) is 4.74 Å². The molecule has 0 aliphatic carbocycles. The Labute approximate surface area is 167 Å². The zero-order chi connectivity index (χ0) is 20.9. The van der Waals surface area contributed by atoms with Crippen LogP contribution in [0.5, 0.6) is 5.75 Å². The molecule has 8 heteroatoms. The normalized spacial score (nSPS) is 11.2. The van der Waals surface area contributed by atoms with Gasteiger partial charge in [0.25, 0.3) is 0 Å². The van der Waals surface area contributed by atoms with E-state index >= 15 is 0 Å². The summed E-state index contributed by atoms with van der Waals surface area (Å²) in [5.41, 5.74) is 1.16. The summed E-state index contributed by atoms with van der Waals surface area (Å²) >= 11 is 0. The highest BCUT2D eigenvalue weighted by atomic mass is 19.4. The summed E-state index contributed by atoms with van der Waals surface area (Å²) in [6, 6.07) is 14.0. The Morgan fingerprint density at radius 1 is 1.00 bits per heavy atom. The predicted molar refractivity (Wildman–Crippen MR) is 107 cm³/mol. The fourth-order valence-electron chi connectivity index (χ4n) is 2.57. The number of aromatic nitrogens is 2. The SMILES string of the molecule is CCCOc1ccc(Nc2nc(Nc3ccccc3C)ncc2C(F)(F)F)cc1. The Hall–Kier alpha value is -3.29. The lowest BCUT2D eigenvalue weighted by molar-refractivity contribution is -0.137. The molecule has 3 aromatic rings. The van der Waals surface area contributed by atoms with Gasteiger partial charge in [0, 0.05) is 17.6 Å². The van der Waals surface area contributed by atoms with E-state index in [2.05, 4.69) is 20.6 Å². The quantitative estimate of drug-likeness (QED) is 0.502. The van der Waals surface area contributed by atoms with Crippen LogP contribution < -0.4 is 15.4 Å². The van der Waals surface area contributed by atoms with Crippen LogP contribution in [-0.2, 0) is 6.18 Å². The van der Waals surface area contributed by atoms with Crippen molar-refractivity contribution in [1.82, 2.24) is 9.97 Å². The van der Waals surface area contributed by atoms with Crippen LogP contribution in [0.4, 0.5) is 36.3 Å². The number of para-hydroxylation sites is 1. The van der Waals surface area contributed by atoms with E-state index < -0.39 is 11.7 Å². The second-order valence-corrected chi connectivity index (χ2v) is 6.39. The lowest BCUT2D eigenvalue weighted by Crippen LogP contribution is -2.12. The first-order valence-corrected chi connectivity index (χ1v) is 9.13. The molecule has 1 aromatic heterocycles. The average molecular weight is 402 g/mol. The third-order valence-electron chi connectivity index (χ3n) is 4.08. The molecular formula is C21H21F3N4O. The van der Waals surface area contributed by atoms with Crippen molar-refractivity contribution in [3.63, 3.8) is 0 Å². The van der Waals surface area contributed by atoms with Gasteiger partial charge in [-0.1, -0.05) is 25.1 Å². The van der Waals surface area contributed by atoms with Gasteiger partial charge >= 0.3 is 6.18 Å². The molecule has 0 radical (unpaired) electrons. The molecule has 2 N–H and O–H groups in total. The molecular weight excluding hydrogens is 381 g/mol. The van der Waals surface area contributed by atoms with Crippen molar-refractivity contribution in [2.45, 2.75) is 26.4 Å². The van der Waals surface area contributed by atoms with Crippen molar-refractivity contribution < 1.29 is 17.9 Å². The molecule has 0 aliphatic heterocycles. The minimum atomic E-state index is -4.59. The Morgan fingerprint density at radius 2 is 1.72 bits per heavy atom. The fraction of sp³-hybridized carbons (Fsp3) is 0.238. The summed E-state index contributed by atoms with van der Waals surface area (Å²) in [6.45, 7) is 4.45.